The Morgan fingerprint density at radius 1 is 1.03 bits per heavy atom. The summed E-state index contributed by atoms with van der Waals surface area (Å²) in [5, 5.41) is 0. The Morgan fingerprint density at radius 3 is 2.30 bits per heavy atom. The molecule has 0 radical (unpaired) electrons. The smallest absolute Gasteiger partial charge is 0.410 e. The number of carbonyl (C=O) groups is 2. The van der Waals surface area contributed by atoms with Gasteiger partial charge in [-0.2, -0.15) is 0 Å². The highest BCUT2D eigenvalue weighted by atomic mass is 16.6. The van der Waals surface area contributed by atoms with Crippen LogP contribution in [0.2, 0.25) is 0 Å². The second-order valence-corrected chi connectivity index (χ2v) is 8.36. The number of ether oxygens (including phenoxy) is 3. The number of methoxy groups -OCH3 is 1. The van der Waals surface area contributed by atoms with E-state index in [1.807, 2.05) is 39.0 Å². The maximum absolute atomic E-state index is 12.8. The molecule has 30 heavy (non-hydrogen) atoms. The summed E-state index contributed by atoms with van der Waals surface area (Å²) >= 11 is 0. The van der Waals surface area contributed by atoms with E-state index in [9.17, 15) is 9.59 Å². The third-order valence-corrected chi connectivity index (χ3v) is 4.89. The molecule has 6 nitrogen and oxygen atoms in total. The highest BCUT2D eigenvalue weighted by Gasteiger charge is 2.45. The third kappa shape index (κ3) is 5.75. The molecule has 0 aromatic heterocycles. The van der Waals surface area contributed by atoms with Crippen LogP contribution in [0.15, 0.2) is 54.6 Å². The van der Waals surface area contributed by atoms with Crippen LogP contribution in [0.5, 0.6) is 5.75 Å². The van der Waals surface area contributed by atoms with Crippen LogP contribution >= 0.6 is 0 Å². The molecule has 0 N–H and O–H groups in total. The van der Waals surface area contributed by atoms with Gasteiger partial charge in [-0.15, -0.1) is 0 Å². The zero-order valence-electron chi connectivity index (χ0n) is 18.0. The number of hydrogen-bond donors (Lipinski definition) is 0. The maximum atomic E-state index is 12.8. The second-order valence-electron chi connectivity index (χ2n) is 8.36. The summed E-state index contributed by atoms with van der Waals surface area (Å²) in [5.74, 6) is 0.554. The number of nitrogens with zero attached hydrogens (tertiary/aromatic N) is 1. The zero-order chi connectivity index (χ0) is 21.7. The standard InChI is InChI=1S/C24H29NO5/c1-24(2,3)30-23(27)25(21-16-20(21)17-8-6-5-7-9-17)14-15-29-19-12-10-18(11-13-19)22(26)28-4/h5-13,20-21H,14-16H2,1-4H3. The number of amides is 1. The van der Waals surface area contributed by atoms with Gasteiger partial charge in [-0.1, -0.05) is 30.3 Å². The van der Waals surface area contributed by atoms with Crippen molar-refractivity contribution in [3.63, 3.8) is 0 Å². The number of hydrogen-bond acceptors (Lipinski definition) is 5. The predicted octanol–water partition coefficient (Wildman–Crippen LogP) is 4.65. The SMILES string of the molecule is COC(=O)c1ccc(OCCN(C(=O)OC(C)(C)C)C2CC2c2ccccc2)cc1. The van der Waals surface area contributed by atoms with E-state index >= 15 is 0 Å². The molecular formula is C24H29NO5. The number of carbonyl (C=O) groups excluding carboxylic acids is 2. The first kappa shape index (κ1) is 21.7. The van der Waals surface area contributed by atoms with Crippen molar-refractivity contribution < 1.29 is 23.8 Å². The fourth-order valence-electron chi connectivity index (χ4n) is 3.36. The molecule has 1 aliphatic carbocycles. The number of rotatable bonds is 7. The van der Waals surface area contributed by atoms with Crippen LogP contribution in [-0.2, 0) is 9.47 Å². The van der Waals surface area contributed by atoms with Crippen LogP contribution in [0, 0.1) is 0 Å². The molecule has 1 saturated carbocycles. The number of benzene rings is 2. The third-order valence-electron chi connectivity index (χ3n) is 4.89. The van der Waals surface area contributed by atoms with E-state index in [0.29, 0.717) is 30.4 Å². The highest BCUT2D eigenvalue weighted by molar-refractivity contribution is 5.89. The lowest BCUT2D eigenvalue weighted by Crippen LogP contribution is -2.41. The molecule has 0 heterocycles. The molecule has 1 fully saturated rings. The molecule has 0 spiro atoms. The van der Waals surface area contributed by atoms with Crippen LogP contribution in [0.25, 0.3) is 0 Å². The van der Waals surface area contributed by atoms with Crippen LogP contribution in [0.1, 0.15) is 49.0 Å². The Hall–Kier alpha value is -3.02. The summed E-state index contributed by atoms with van der Waals surface area (Å²) in [6.45, 7) is 6.34. The van der Waals surface area contributed by atoms with E-state index in [0.717, 1.165) is 6.42 Å². The lowest BCUT2D eigenvalue weighted by atomic mass is 10.1. The van der Waals surface area contributed by atoms with Gasteiger partial charge < -0.3 is 19.1 Å². The van der Waals surface area contributed by atoms with Crippen LogP contribution in [0.4, 0.5) is 4.79 Å². The van der Waals surface area contributed by atoms with Gasteiger partial charge in [-0.05, 0) is 57.0 Å². The molecule has 6 heteroatoms. The van der Waals surface area contributed by atoms with Gasteiger partial charge in [-0.3, -0.25) is 0 Å². The first-order valence-electron chi connectivity index (χ1n) is 10.1. The summed E-state index contributed by atoms with van der Waals surface area (Å²) in [6, 6.07) is 17.1. The zero-order valence-corrected chi connectivity index (χ0v) is 18.0. The largest absolute Gasteiger partial charge is 0.492 e. The summed E-state index contributed by atoms with van der Waals surface area (Å²) < 4.78 is 16.1. The topological polar surface area (TPSA) is 65.1 Å². The summed E-state index contributed by atoms with van der Waals surface area (Å²) in [5.41, 5.74) is 1.14. The van der Waals surface area contributed by atoms with Crippen LogP contribution in [-0.4, -0.2) is 48.9 Å². The summed E-state index contributed by atoms with van der Waals surface area (Å²) in [4.78, 5) is 26.1. The molecule has 160 valence electrons. The van der Waals surface area contributed by atoms with Gasteiger partial charge in [0.25, 0.3) is 0 Å². The predicted molar refractivity (Wildman–Crippen MR) is 114 cm³/mol. The van der Waals surface area contributed by atoms with Crippen molar-refractivity contribution in [2.24, 2.45) is 0 Å². The van der Waals surface area contributed by atoms with Crippen LogP contribution in [0.3, 0.4) is 0 Å². The number of esters is 1. The molecular weight excluding hydrogens is 382 g/mol. The maximum Gasteiger partial charge on any atom is 0.410 e. The fraction of sp³-hybridized carbons (Fsp3) is 0.417. The minimum atomic E-state index is -0.558. The van der Waals surface area contributed by atoms with Gasteiger partial charge in [0, 0.05) is 12.0 Å². The van der Waals surface area contributed by atoms with Crippen molar-refractivity contribution >= 4 is 12.1 Å². The van der Waals surface area contributed by atoms with Gasteiger partial charge in [0.2, 0.25) is 0 Å². The molecule has 2 atom stereocenters. The van der Waals surface area contributed by atoms with Gasteiger partial charge in [-0.25, -0.2) is 9.59 Å². The van der Waals surface area contributed by atoms with Crippen molar-refractivity contribution in [1.29, 1.82) is 0 Å². The normalized spacial score (nSPS) is 17.7. The lowest BCUT2D eigenvalue weighted by molar-refractivity contribution is 0.0205. The summed E-state index contributed by atoms with van der Waals surface area (Å²) in [6.07, 6.45) is 0.590. The van der Waals surface area contributed by atoms with Crippen molar-refractivity contribution in [3.05, 3.63) is 65.7 Å². The van der Waals surface area contributed by atoms with Crippen molar-refractivity contribution in [1.82, 2.24) is 4.90 Å². The van der Waals surface area contributed by atoms with E-state index in [1.165, 1.54) is 12.7 Å². The van der Waals surface area contributed by atoms with Crippen molar-refractivity contribution in [2.75, 3.05) is 20.3 Å². The lowest BCUT2D eigenvalue weighted by Gasteiger charge is -2.28. The van der Waals surface area contributed by atoms with E-state index in [-0.39, 0.29) is 12.1 Å². The van der Waals surface area contributed by atoms with Crippen LogP contribution < -0.4 is 4.74 Å². The molecule has 3 rings (SSSR count). The monoisotopic (exact) mass is 411 g/mol. The molecule has 0 bridgehead atoms. The Morgan fingerprint density at radius 2 is 1.70 bits per heavy atom. The first-order valence-corrected chi connectivity index (χ1v) is 10.1. The Kier molecular flexibility index (Phi) is 6.65. The van der Waals surface area contributed by atoms with E-state index in [1.54, 1.807) is 29.2 Å². The minimum Gasteiger partial charge on any atom is -0.492 e. The average molecular weight is 411 g/mol. The Balaban J connectivity index is 1.61. The van der Waals surface area contributed by atoms with E-state index in [2.05, 4.69) is 12.1 Å². The Bertz CT molecular complexity index is 857. The molecule has 2 aromatic rings. The Labute approximate surface area is 177 Å². The fourth-order valence-corrected chi connectivity index (χ4v) is 3.36. The average Bonchev–Trinajstić information content (AvgIpc) is 3.51. The van der Waals surface area contributed by atoms with Gasteiger partial charge >= 0.3 is 12.1 Å². The second kappa shape index (κ2) is 9.20. The molecule has 1 amide bonds. The minimum absolute atomic E-state index is 0.104. The summed E-state index contributed by atoms with van der Waals surface area (Å²) in [7, 11) is 1.35. The van der Waals surface area contributed by atoms with E-state index < -0.39 is 11.6 Å². The van der Waals surface area contributed by atoms with Crippen molar-refractivity contribution in [2.45, 2.75) is 44.8 Å². The molecule has 0 aliphatic heterocycles. The molecule has 1 aliphatic rings. The molecule has 0 saturated heterocycles. The highest BCUT2D eigenvalue weighted by Crippen LogP contribution is 2.45. The van der Waals surface area contributed by atoms with Crippen molar-refractivity contribution in [3.8, 4) is 5.75 Å². The molecule has 2 unspecified atom stereocenters. The van der Waals surface area contributed by atoms with Gasteiger partial charge in [0.1, 0.15) is 18.0 Å². The van der Waals surface area contributed by atoms with Gasteiger partial charge in [0.05, 0.1) is 19.2 Å². The quantitative estimate of drug-likeness (QED) is 0.621. The van der Waals surface area contributed by atoms with E-state index in [4.69, 9.17) is 14.2 Å². The van der Waals surface area contributed by atoms with Gasteiger partial charge in [0.15, 0.2) is 0 Å². The first-order chi connectivity index (χ1) is 14.3. The molecule has 2 aromatic carbocycles.